The second-order valence-corrected chi connectivity index (χ2v) is 8.92. The molecule has 1 fully saturated rings. The summed E-state index contributed by atoms with van der Waals surface area (Å²) in [6.45, 7) is 14.9. The Hall–Kier alpha value is -1.65. The normalized spacial score (nSPS) is 19.2. The van der Waals surface area contributed by atoms with Gasteiger partial charge in [0.2, 0.25) is 0 Å². The molecule has 1 aliphatic rings. The lowest BCUT2D eigenvalue weighted by Crippen LogP contribution is -2.41. The topological polar surface area (TPSA) is 31.4 Å². The quantitative estimate of drug-likeness (QED) is 0.764. The molecule has 3 rings (SSSR count). The minimum atomic E-state index is -0.383. The Morgan fingerprint density at radius 1 is 0.840 bits per heavy atom. The molecule has 0 N–H and O–H groups in total. The van der Waals surface area contributed by atoms with Crippen molar-refractivity contribution in [3.8, 4) is 11.1 Å². The fourth-order valence-electron chi connectivity index (χ4n) is 2.89. The van der Waals surface area contributed by atoms with Crippen molar-refractivity contribution in [1.82, 2.24) is 4.98 Å². The van der Waals surface area contributed by atoms with Crippen LogP contribution in [0.5, 0.6) is 0 Å². The van der Waals surface area contributed by atoms with Gasteiger partial charge in [-0.05, 0) is 49.8 Å². The number of nitrogens with zero attached hydrogens (tertiary/aromatic N) is 1. The summed E-state index contributed by atoms with van der Waals surface area (Å²) in [6.07, 6.45) is 3.72. The zero-order valence-corrected chi connectivity index (χ0v) is 16.4. The van der Waals surface area contributed by atoms with E-state index in [-0.39, 0.29) is 23.7 Å². The van der Waals surface area contributed by atoms with Crippen molar-refractivity contribution in [3.05, 3.63) is 48.3 Å². The molecule has 4 heteroatoms. The predicted octanol–water partition coefficient (Wildman–Crippen LogP) is 4.35. The Labute approximate surface area is 151 Å². The van der Waals surface area contributed by atoms with E-state index in [2.05, 4.69) is 83.8 Å². The summed E-state index contributed by atoms with van der Waals surface area (Å²) >= 11 is 0. The molecule has 0 unspecified atom stereocenters. The van der Waals surface area contributed by atoms with Gasteiger partial charge in [0.05, 0.1) is 11.2 Å². The first-order valence-corrected chi connectivity index (χ1v) is 8.91. The number of pyridine rings is 1. The van der Waals surface area contributed by atoms with Crippen LogP contribution < -0.4 is 5.46 Å². The molecule has 132 valence electrons. The summed E-state index contributed by atoms with van der Waals surface area (Å²) in [7, 11) is -0.383. The summed E-state index contributed by atoms with van der Waals surface area (Å²) in [5.41, 5.74) is 3.97. The van der Waals surface area contributed by atoms with E-state index in [0.29, 0.717) is 0 Å². The third-order valence-corrected chi connectivity index (χ3v) is 5.37. The van der Waals surface area contributed by atoms with Crippen LogP contribution in [0.1, 0.15) is 54.0 Å². The number of hydrogen-bond donors (Lipinski definition) is 0. The third-order valence-electron chi connectivity index (χ3n) is 5.37. The van der Waals surface area contributed by atoms with Gasteiger partial charge in [-0.1, -0.05) is 51.1 Å². The highest BCUT2D eigenvalue weighted by Crippen LogP contribution is 2.36. The van der Waals surface area contributed by atoms with E-state index >= 15 is 0 Å². The Kier molecular flexibility index (Phi) is 4.33. The van der Waals surface area contributed by atoms with Crippen LogP contribution >= 0.6 is 0 Å². The molecule has 1 aliphatic heterocycles. The van der Waals surface area contributed by atoms with Crippen molar-refractivity contribution < 1.29 is 9.31 Å². The maximum atomic E-state index is 6.14. The average molecular weight is 337 g/mol. The molecule has 1 aromatic carbocycles. The van der Waals surface area contributed by atoms with Crippen molar-refractivity contribution in [2.24, 2.45) is 0 Å². The van der Waals surface area contributed by atoms with Crippen LogP contribution in [0.25, 0.3) is 11.1 Å². The van der Waals surface area contributed by atoms with Crippen LogP contribution in [-0.2, 0) is 14.7 Å². The Morgan fingerprint density at radius 3 is 1.92 bits per heavy atom. The smallest absolute Gasteiger partial charge is 0.399 e. The van der Waals surface area contributed by atoms with Gasteiger partial charge in [-0.15, -0.1) is 0 Å². The molecule has 25 heavy (non-hydrogen) atoms. The van der Waals surface area contributed by atoms with Gasteiger partial charge in [0.15, 0.2) is 0 Å². The second kappa shape index (κ2) is 5.96. The molecule has 0 saturated carbocycles. The molecule has 2 aromatic rings. The number of rotatable bonds is 2. The fraction of sp³-hybridized carbons (Fsp3) is 0.476. The van der Waals surface area contributed by atoms with Crippen molar-refractivity contribution in [2.45, 2.75) is 65.1 Å². The predicted molar refractivity (Wildman–Crippen MR) is 104 cm³/mol. The largest absolute Gasteiger partial charge is 0.496 e. The van der Waals surface area contributed by atoms with Gasteiger partial charge in [-0.3, -0.25) is 4.98 Å². The summed E-state index contributed by atoms with van der Waals surface area (Å²) in [5, 5.41) is 0. The molecular weight excluding hydrogens is 309 g/mol. The van der Waals surface area contributed by atoms with Crippen LogP contribution in [0.3, 0.4) is 0 Å². The summed E-state index contributed by atoms with van der Waals surface area (Å²) < 4.78 is 12.3. The molecule has 3 nitrogen and oxygen atoms in total. The molecule has 1 aromatic heterocycles. The average Bonchev–Trinajstić information content (AvgIpc) is 2.75. The van der Waals surface area contributed by atoms with Crippen molar-refractivity contribution in [2.75, 3.05) is 0 Å². The summed E-state index contributed by atoms with van der Waals surface area (Å²) in [6, 6.07) is 10.8. The summed E-state index contributed by atoms with van der Waals surface area (Å²) in [4.78, 5) is 4.41. The summed E-state index contributed by atoms with van der Waals surface area (Å²) in [5.74, 6) is 0. The minimum Gasteiger partial charge on any atom is -0.399 e. The fourth-order valence-corrected chi connectivity index (χ4v) is 2.89. The first-order valence-electron chi connectivity index (χ1n) is 8.91. The van der Waals surface area contributed by atoms with Gasteiger partial charge in [0.1, 0.15) is 0 Å². The van der Waals surface area contributed by atoms with Gasteiger partial charge >= 0.3 is 7.12 Å². The van der Waals surface area contributed by atoms with Gasteiger partial charge in [0, 0.05) is 17.9 Å². The molecule has 0 bridgehead atoms. The zero-order valence-electron chi connectivity index (χ0n) is 16.4. The van der Waals surface area contributed by atoms with E-state index < -0.39 is 0 Å². The standard InChI is InChI=1S/C21H28BNO2/c1-19(2,3)17-10-8-15(9-11-17)16-12-18(14-23-13-16)22-24-20(4,5)21(6,7)25-22/h8-14H,1-7H3. The SMILES string of the molecule is CC(C)(C)c1ccc(-c2cncc(B3OC(C)(C)C(C)(C)O3)c2)cc1. The molecule has 0 atom stereocenters. The maximum absolute atomic E-state index is 6.14. The van der Waals surface area contributed by atoms with Crippen molar-refractivity contribution in [3.63, 3.8) is 0 Å². The number of benzene rings is 1. The lowest BCUT2D eigenvalue weighted by molar-refractivity contribution is 0.00578. The molecule has 1 saturated heterocycles. The van der Waals surface area contributed by atoms with E-state index in [9.17, 15) is 0 Å². The van der Waals surface area contributed by atoms with Crippen LogP contribution in [0, 0.1) is 0 Å². The third kappa shape index (κ3) is 3.51. The molecule has 0 amide bonds. The van der Waals surface area contributed by atoms with Crippen LogP contribution in [-0.4, -0.2) is 23.3 Å². The lowest BCUT2D eigenvalue weighted by Gasteiger charge is -2.32. The van der Waals surface area contributed by atoms with Crippen LogP contribution in [0.2, 0.25) is 0 Å². The van der Waals surface area contributed by atoms with Gasteiger partial charge < -0.3 is 9.31 Å². The Balaban J connectivity index is 1.88. The zero-order chi connectivity index (χ0) is 18.5. The highest BCUT2D eigenvalue weighted by Gasteiger charge is 2.51. The van der Waals surface area contributed by atoms with E-state index in [0.717, 1.165) is 16.6 Å². The van der Waals surface area contributed by atoms with E-state index in [4.69, 9.17) is 9.31 Å². The molecular formula is C21H28BNO2. The second-order valence-electron chi connectivity index (χ2n) is 8.92. The lowest BCUT2D eigenvalue weighted by atomic mass is 9.79. The highest BCUT2D eigenvalue weighted by molar-refractivity contribution is 6.62. The first kappa shape index (κ1) is 18.2. The van der Waals surface area contributed by atoms with Crippen molar-refractivity contribution >= 4 is 12.6 Å². The van der Waals surface area contributed by atoms with E-state index in [1.165, 1.54) is 5.56 Å². The van der Waals surface area contributed by atoms with E-state index in [1.54, 1.807) is 0 Å². The Bertz CT molecular complexity index is 744. The molecule has 0 aliphatic carbocycles. The van der Waals surface area contributed by atoms with Crippen molar-refractivity contribution in [1.29, 1.82) is 0 Å². The molecule has 2 heterocycles. The van der Waals surface area contributed by atoms with Gasteiger partial charge in [-0.2, -0.15) is 0 Å². The maximum Gasteiger partial charge on any atom is 0.496 e. The number of hydrogen-bond acceptors (Lipinski definition) is 3. The minimum absolute atomic E-state index is 0.154. The Morgan fingerprint density at radius 2 is 1.40 bits per heavy atom. The number of aromatic nitrogens is 1. The van der Waals surface area contributed by atoms with E-state index in [1.807, 2.05) is 12.4 Å². The monoisotopic (exact) mass is 337 g/mol. The van der Waals surface area contributed by atoms with Crippen LogP contribution in [0.4, 0.5) is 0 Å². The first-order chi connectivity index (χ1) is 11.5. The van der Waals surface area contributed by atoms with Gasteiger partial charge in [-0.25, -0.2) is 0 Å². The van der Waals surface area contributed by atoms with Crippen LogP contribution in [0.15, 0.2) is 42.7 Å². The van der Waals surface area contributed by atoms with Gasteiger partial charge in [0.25, 0.3) is 0 Å². The highest BCUT2D eigenvalue weighted by atomic mass is 16.7. The molecule has 0 spiro atoms. The molecule has 0 radical (unpaired) electrons.